The van der Waals surface area contributed by atoms with Gasteiger partial charge in [-0.3, -0.25) is 0 Å². The molecule has 1 heterocycles. The van der Waals surface area contributed by atoms with Crippen molar-refractivity contribution in [1.82, 2.24) is 5.16 Å². The Bertz CT molecular complexity index is 313. The van der Waals surface area contributed by atoms with Gasteiger partial charge in [-0.25, -0.2) is 9.95 Å². The van der Waals surface area contributed by atoms with Crippen LogP contribution in [0.15, 0.2) is 9.32 Å². The Morgan fingerprint density at radius 2 is 2.50 bits per heavy atom. The summed E-state index contributed by atoms with van der Waals surface area (Å²) in [5.41, 5.74) is 0.890. The van der Waals surface area contributed by atoms with E-state index < -0.39 is 0 Å². The number of H-pyrrole nitrogens is 1. The van der Waals surface area contributed by atoms with Crippen LogP contribution in [0.2, 0.25) is 0 Å². The van der Waals surface area contributed by atoms with Gasteiger partial charge in [-0.05, 0) is 6.92 Å². The van der Waals surface area contributed by atoms with Crippen molar-refractivity contribution in [2.24, 2.45) is 0 Å². The average molecular weight is 137 g/mol. The average Bonchev–Trinajstić information content (AvgIpc) is 2.20. The summed E-state index contributed by atoms with van der Waals surface area (Å²) in [6, 6.07) is 0. The summed E-state index contributed by atoms with van der Waals surface area (Å²) >= 11 is 0. The Labute approximate surface area is 58.0 Å². The lowest BCUT2D eigenvalue weighted by molar-refractivity contribution is 0.386. The molecule has 0 unspecified atom stereocenters. The minimum Gasteiger partial charge on any atom is -0.339 e. The summed E-state index contributed by atoms with van der Waals surface area (Å²) in [5.74, 6) is 2.37. The smallest absolute Gasteiger partial charge is 0.339 e. The van der Waals surface area contributed by atoms with Gasteiger partial charge in [-0.2, -0.15) is 0 Å². The quantitative estimate of drug-likeness (QED) is 0.571. The molecule has 0 aliphatic carbocycles. The first-order valence-electron chi connectivity index (χ1n) is 2.86. The van der Waals surface area contributed by atoms with Crippen molar-refractivity contribution in [3.05, 3.63) is 21.7 Å². The Morgan fingerprint density at radius 3 is 2.90 bits per heavy atom. The van der Waals surface area contributed by atoms with Gasteiger partial charge in [0.1, 0.15) is 0 Å². The molecule has 0 saturated heterocycles. The highest BCUT2D eigenvalue weighted by molar-refractivity contribution is 5.18. The number of nitrogens with one attached hydrogen (secondary N) is 1. The van der Waals surface area contributed by atoms with Gasteiger partial charge in [0.15, 0.2) is 0 Å². The van der Waals surface area contributed by atoms with E-state index in [0.717, 1.165) is 0 Å². The van der Waals surface area contributed by atoms with E-state index >= 15 is 0 Å². The summed E-state index contributed by atoms with van der Waals surface area (Å²) in [5, 5.41) is 2.44. The molecule has 0 radical (unpaired) electrons. The Balaban J connectivity index is 3.13. The zero-order valence-corrected chi connectivity index (χ0v) is 5.60. The van der Waals surface area contributed by atoms with Crippen molar-refractivity contribution in [3.8, 4) is 12.3 Å². The molecule has 0 amide bonds. The van der Waals surface area contributed by atoms with Gasteiger partial charge in [-0.1, -0.05) is 0 Å². The first kappa shape index (κ1) is 6.69. The second-order valence-corrected chi connectivity index (χ2v) is 1.98. The van der Waals surface area contributed by atoms with Gasteiger partial charge in [0.05, 0.1) is 11.3 Å². The Hall–Kier alpha value is -1.43. The number of hydrogen-bond acceptors (Lipinski definition) is 2. The second-order valence-electron chi connectivity index (χ2n) is 1.98. The van der Waals surface area contributed by atoms with Gasteiger partial charge in [0.25, 0.3) is 0 Å². The largest absolute Gasteiger partial charge is 0.361 e. The first-order valence-corrected chi connectivity index (χ1v) is 2.86. The molecule has 1 aromatic heterocycles. The number of aromatic amines is 1. The van der Waals surface area contributed by atoms with E-state index in [9.17, 15) is 4.79 Å². The highest BCUT2D eigenvalue weighted by atomic mass is 16.5. The summed E-state index contributed by atoms with van der Waals surface area (Å²) in [4.78, 5) is 10.7. The Morgan fingerprint density at radius 1 is 1.80 bits per heavy atom. The molecule has 1 rings (SSSR count). The number of aromatic nitrogens is 1. The molecule has 1 N–H and O–H groups in total. The molecule has 0 saturated carbocycles. The van der Waals surface area contributed by atoms with E-state index in [0.29, 0.717) is 17.7 Å². The van der Waals surface area contributed by atoms with Crippen molar-refractivity contribution in [3.63, 3.8) is 0 Å². The molecule has 10 heavy (non-hydrogen) atoms. The third-order valence-corrected chi connectivity index (χ3v) is 1.27. The van der Waals surface area contributed by atoms with Crippen LogP contribution in [0, 0.1) is 19.3 Å². The van der Waals surface area contributed by atoms with Crippen molar-refractivity contribution in [2.75, 3.05) is 0 Å². The SMILES string of the molecule is C#CCc1c(C)[nH]oc1=O. The van der Waals surface area contributed by atoms with Crippen molar-refractivity contribution >= 4 is 0 Å². The third kappa shape index (κ3) is 0.960. The van der Waals surface area contributed by atoms with Crippen LogP contribution in [0.1, 0.15) is 11.3 Å². The standard InChI is InChI=1S/C7H7NO2/c1-3-4-6-5(2)8-10-7(6)9/h1,8H,4H2,2H3. The van der Waals surface area contributed by atoms with E-state index in [1.54, 1.807) is 6.92 Å². The number of hydrogen-bond donors (Lipinski definition) is 1. The normalized spacial score (nSPS) is 9.20. The fraction of sp³-hybridized carbons (Fsp3) is 0.286. The van der Waals surface area contributed by atoms with Crippen LogP contribution in [-0.2, 0) is 6.42 Å². The van der Waals surface area contributed by atoms with Gasteiger partial charge in [0, 0.05) is 6.42 Å². The summed E-state index contributed by atoms with van der Waals surface area (Å²) in [7, 11) is 0. The zero-order valence-electron chi connectivity index (χ0n) is 5.60. The fourth-order valence-electron chi connectivity index (χ4n) is 0.706. The molecule has 3 nitrogen and oxygen atoms in total. The van der Waals surface area contributed by atoms with E-state index in [-0.39, 0.29) is 5.63 Å². The molecule has 0 bridgehead atoms. The van der Waals surface area contributed by atoms with Crippen LogP contribution in [0.25, 0.3) is 0 Å². The molecule has 0 aliphatic heterocycles. The topological polar surface area (TPSA) is 46.0 Å². The second kappa shape index (κ2) is 2.44. The lowest BCUT2D eigenvalue weighted by Gasteiger charge is -1.83. The van der Waals surface area contributed by atoms with E-state index in [2.05, 4.69) is 15.6 Å². The minimum absolute atomic E-state index is 0.331. The van der Waals surface area contributed by atoms with Gasteiger partial charge < -0.3 is 4.52 Å². The maximum Gasteiger partial charge on any atom is 0.361 e. The molecule has 0 spiro atoms. The monoisotopic (exact) mass is 137 g/mol. The van der Waals surface area contributed by atoms with Crippen LogP contribution < -0.4 is 5.63 Å². The van der Waals surface area contributed by atoms with Crippen LogP contribution in [0.3, 0.4) is 0 Å². The summed E-state index contributed by atoms with van der Waals surface area (Å²) in [6.07, 6.45) is 5.34. The molecule has 0 fully saturated rings. The van der Waals surface area contributed by atoms with Crippen LogP contribution in [0.5, 0.6) is 0 Å². The molecule has 0 aromatic carbocycles. The van der Waals surface area contributed by atoms with Crippen molar-refractivity contribution < 1.29 is 4.52 Å². The van der Waals surface area contributed by atoms with Gasteiger partial charge in [-0.15, -0.1) is 12.3 Å². The Kier molecular flexibility index (Phi) is 1.63. The van der Waals surface area contributed by atoms with Crippen molar-refractivity contribution in [1.29, 1.82) is 0 Å². The maximum atomic E-state index is 10.7. The molecule has 52 valence electrons. The molecule has 0 atom stereocenters. The number of rotatable bonds is 1. The molecule has 0 aliphatic rings. The van der Waals surface area contributed by atoms with Crippen LogP contribution in [-0.4, -0.2) is 5.16 Å². The predicted molar refractivity (Wildman–Crippen MR) is 36.6 cm³/mol. The molecule has 1 aromatic rings. The summed E-state index contributed by atoms with van der Waals surface area (Å²) in [6.45, 7) is 1.75. The minimum atomic E-state index is -0.365. The fourth-order valence-corrected chi connectivity index (χ4v) is 0.706. The van der Waals surface area contributed by atoms with Crippen molar-refractivity contribution in [2.45, 2.75) is 13.3 Å². The molecule has 3 heteroatoms. The van der Waals surface area contributed by atoms with E-state index in [1.165, 1.54) is 0 Å². The third-order valence-electron chi connectivity index (χ3n) is 1.27. The van der Waals surface area contributed by atoms with E-state index in [1.807, 2.05) is 0 Å². The predicted octanol–water partition coefficient (Wildman–Crippen LogP) is 0.452. The lowest BCUT2D eigenvalue weighted by Crippen LogP contribution is -2.00. The maximum absolute atomic E-state index is 10.7. The number of terminal acetylenes is 1. The highest BCUT2D eigenvalue weighted by Gasteiger charge is 2.04. The van der Waals surface area contributed by atoms with Crippen LogP contribution >= 0.6 is 0 Å². The zero-order chi connectivity index (χ0) is 7.56. The van der Waals surface area contributed by atoms with Crippen LogP contribution in [0.4, 0.5) is 0 Å². The summed E-state index contributed by atoms with van der Waals surface area (Å²) < 4.78 is 4.47. The lowest BCUT2D eigenvalue weighted by atomic mass is 10.2. The number of aryl methyl sites for hydroxylation is 1. The van der Waals surface area contributed by atoms with E-state index in [4.69, 9.17) is 6.42 Å². The first-order chi connectivity index (χ1) is 4.75. The van der Waals surface area contributed by atoms with Gasteiger partial charge in [0.2, 0.25) is 0 Å². The molecular weight excluding hydrogens is 130 g/mol. The molecular formula is C7H7NO2. The van der Waals surface area contributed by atoms with Gasteiger partial charge >= 0.3 is 5.63 Å². The highest BCUT2D eigenvalue weighted by Crippen LogP contribution is 1.97.